The molecule has 0 atom stereocenters. The standard InChI is InChI=1S/C24H26F3N5O/c1-3-4-15-11-19(21-31-32-22(33-21)29-13-23(7-8-23)12-28-2)30-20-17(15)9-16(14-5-6-14)10-18(20)24(25,26)27/h9-12,14H,3-8,13H2,1-2H3,(H,29,32). The van der Waals surface area contributed by atoms with Crippen molar-refractivity contribution in [2.45, 2.75) is 57.5 Å². The van der Waals surface area contributed by atoms with Gasteiger partial charge in [-0.25, -0.2) is 4.98 Å². The number of pyridine rings is 1. The van der Waals surface area contributed by atoms with E-state index in [0.717, 1.165) is 43.2 Å². The predicted octanol–water partition coefficient (Wildman–Crippen LogP) is 6.03. The van der Waals surface area contributed by atoms with Crippen LogP contribution in [0.4, 0.5) is 19.2 Å². The van der Waals surface area contributed by atoms with E-state index in [4.69, 9.17) is 4.42 Å². The highest BCUT2D eigenvalue weighted by molar-refractivity contribution is 5.88. The molecule has 0 spiro atoms. The summed E-state index contributed by atoms with van der Waals surface area (Å²) in [5, 5.41) is 11.8. The van der Waals surface area contributed by atoms with Crippen molar-refractivity contribution in [2.75, 3.05) is 18.9 Å². The number of aromatic nitrogens is 3. The SMILES string of the molecule is CCCc1cc(-c2nnc(NCC3(C=NC)CC3)o2)nc2c(C(F)(F)F)cc(C3CC3)cc12. The van der Waals surface area contributed by atoms with Crippen LogP contribution in [-0.4, -0.2) is 35.0 Å². The summed E-state index contributed by atoms with van der Waals surface area (Å²) in [6.45, 7) is 2.61. The molecular formula is C24H26F3N5O. The highest BCUT2D eigenvalue weighted by atomic mass is 19.4. The van der Waals surface area contributed by atoms with E-state index in [-0.39, 0.29) is 34.4 Å². The lowest BCUT2D eigenvalue weighted by molar-refractivity contribution is -0.136. The molecule has 0 bridgehead atoms. The predicted molar refractivity (Wildman–Crippen MR) is 121 cm³/mol. The molecule has 1 N–H and O–H groups in total. The molecule has 0 unspecified atom stereocenters. The summed E-state index contributed by atoms with van der Waals surface area (Å²) in [7, 11) is 1.74. The molecule has 5 rings (SSSR count). The summed E-state index contributed by atoms with van der Waals surface area (Å²) in [5.74, 6) is 0.312. The third-order valence-electron chi connectivity index (χ3n) is 6.43. The maximum Gasteiger partial charge on any atom is 0.418 e. The smallest absolute Gasteiger partial charge is 0.402 e. The quantitative estimate of drug-likeness (QED) is 0.418. The maximum atomic E-state index is 14.0. The monoisotopic (exact) mass is 457 g/mol. The van der Waals surface area contributed by atoms with Crippen LogP contribution in [0, 0.1) is 5.41 Å². The number of anilines is 1. The molecule has 9 heteroatoms. The summed E-state index contributed by atoms with van der Waals surface area (Å²) < 4.78 is 47.7. The Labute approximate surface area is 189 Å². The van der Waals surface area contributed by atoms with Gasteiger partial charge in [-0.15, -0.1) is 5.10 Å². The van der Waals surface area contributed by atoms with Gasteiger partial charge in [0.15, 0.2) is 0 Å². The molecule has 2 saturated carbocycles. The zero-order valence-electron chi connectivity index (χ0n) is 18.7. The number of rotatable bonds is 8. The Kier molecular flexibility index (Phi) is 5.37. The number of fused-ring (bicyclic) bond motifs is 1. The van der Waals surface area contributed by atoms with Crippen molar-refractivity contribution in [2.24, 2.45) is 10.4 Å². The van der Waals surface area contributed by atoms with Crippen molar-refractivity contribution < 1.29 is 17.6 Å². The normalized spacial score (nSPS) is 17.7. The molecule has 0 saturated heterocycles. The van der Waals surface area contributed by atoms with Crippen molar-refractivity contribution >= 4 is 23.1 Å². The van der Waals surface area contributed by atoms with Crippen molar-refractivity contribution in [3.63, 3.8) is 0 Å². The Balaban J connectivity index is 1.54. The van der Waals surface area contributed by atoms with Gasteiger partial charge in [0.2, 0.25) is 0 Å². The number of benzene rings is 1. The van der Waals surface area contributed by atoms with Gasteiger partial charge in [0.25, 0.3) is 5.89 Å². The largest absolute Gasteiger partial charge is 0.418 e. The molecule has 2 heterocycles. The third-order valence-corrected chi connectivity index (χ3v) is 6.43. The second-order valence-electron chi connectivity index (χ2n) is 9.17. The number of hydrogen-bond donors (Lipinski definition) is 1. The number of alkyl halides is 3. The molecule has 2 fully saturated rings. The lowest BCUT2D eigenvalue weighted by Crippen LogP contribution is -2.16. The van der Waals surface area contributed by atoms with Crippen LogP contribution in [0.2, 0.25) is 0 Å². The van der Waals surface area contributed by atoms with E-state index in [9.17, 15) is 13.2 Å². The van der Waals surface area contributed by atoms with Gasteiger partial charge in [0.05, 0.1) is 11.1 Å². The molecule has 33 heavy (non-hydrogen) atoms. The van der Waals surface area contributed by atoms with E-state index in [2.05, 4.69) is 25.5 Å². The minimum atomic E-state index is -4.50. The van der Waals surface area contributed by atoms with Crippen molar-refractivity contribution in [3.05, 3.63) is 34.9 Å². The molecule has 0 radical (unpaired) electrons. The van der Waals surface area contributed by atoms with E-state index in [0.29, 0.717) is 18.4 Å². The van der Waals surface area contributed by atoms with Gasteiger partial charge in [-0.05, 0) is 67.3 Å². The van der Waals surface area contributed by atoms with Gasteiger partial charge in [0, 0.05) is 30.6 Å². The minimum Gasteiger partial charge on any atom is -0.402 e. The number of halogens is 3. The van der Waals surface area contributed by atoms with E-state index in [1.165, 1.54) is 6.07 Å². The van der Waals surface area contributed by atoms with Gasteiger partial charge in [-0.2, -0.15) is 13.2 Å². The minimum absolute atomic E-state index is 0.0136. The topological polar surface area (TPSA) is 76.2 Å². The Morgan fingerprint density at radius 3 is 2.64 bits per heavy atom. The number of nitrogens with one attached hydrogen (secondary N) is 1. The molecule has 2 aliphatic carbocycles. The lowest BCUT2D eigenvalue weighted by Gasteiger charge is -2.15. The first-order valence-electron chi connectivity index (χ1n) is 11.4. The van der Waals surface area contributed by atoms with Crippen LogP contribution in [0.3, 0.4) is 0 Å². The average molecular weight is 458 g/mol. The molecule has 2 aliphatic rings. The summed E-state index contributed by atoms with van der Waals surface area (Å²) in [6.07, 6.45) is 2.79. The Morgan fingerprint density at radius 2 is 2.00 bits per heavy atom. The van der Waals surface area contributed by atoms with Crippen molar-refractivity contribution in [3.8, 4) is 11.6 Å². The zero-order chi connectivity index (χ0) is 23.2. The molecule has 0 aliphatic heterocycles. The van der Waals surface area contributed by atoms with Gasteiger partial charge in [0.1, 0.15) is 5.69 Å². The van der Waals surface area contributed by atoms with Crippen molar-refractivity contribution in [1.29, 1.82) is 0 Å². The van der Waals surface area contributed by atoms with E-state index in [1.807, 2.05) is 19.2 Å². The highest BCUT2D eigenvalue weighted by Crippen LogP contribution is 2.45. The average Bonchev–Trinajstić information content (AvgIpc) is 3.70. The van der Waals surface area contributed by atoms with E-state index < -0.39 is 11.7 Å². The summed E-state index contributed by atoms with van der Waals surface area (Å²) >= 11 is 0. The second-order valence-corrected chi connectivity index (χ2v) is 9.17. The Bertz CT molecular complexity index is 1210. The lowest BCUT2D eigenvalue weighted by atomic mass is 9.96. The van der Waals surface area contributed by atoms with Crippen LogP contribution < -0.4 is 5.32 Å². The fraction of sp³-hybridized carbons (Fsp3) is 0.500. The fourth-order valence-electron chi connectivity index (χ4n) is 4.31. The number of aryl methyl sites for hydroxylation is 1. The van der Waals surface area contributed by atoms with Crippen LogP contribution in [0.1, 0.15) is 61.6 Å². The number of aliphatic imine (C=N–C) groups is 1. The molecule has 2 aromatic heterocycles. The first-order chi connectivity index (χ1) is 15.8. The second kappa shape index (κ2) is 8.11. The van der Waals surface area contributed by atoms with Crippen LogP contribution in [0.15, 0.2) is 27.6 Å². The van der Waals surface area contributed by atoms with E-state index >= 15 is 0 Å². The van der Waals surface area contributed by atoms with Crippen LogP contribution in [0.25, 0.3) is 22.5 Å². The molecule has 174 valence electrons. The Morgan fingerprint density at radius 1 is 1.21 bits per heavy atom. The molecule has 3 aromatic rings. The van der Waals surface area contributed by atoms with Gasteiger partial charge >= 0.3 is 12.2 Å². The molecule has 1 aromatic carbocycles. The number of nitrogens with zero attached hydrogens (tertiary/aromatic N) is 4. The van der Waals surface area contributed by atoms with Crippen LogP contribution in [0.5, 0.6) is 0 Å². The maximum absolute atomic E-state index is 14.0. The molecular weight excluding hydrogens is 431 g/mol. The first-order valence-corrected chi connectivity index (χ1v) is 11.4. The molecule has 0 amide bonds. The van der Waals surface area contributed by atoms with Crippen LogP contribution >= 0.6 is 0 Å². The van der Waals surface area contributed by atoms with Gasteiger partial charge < -0.3 is 14.7 Å². The first kappa shape index (κ1) is 21.9. The van der Waals surface area contributed by atoms with E-state index in [1.54, 1.807) is 13.1 Å². The fourth-order valence-corrected chi connectivity index (χ4v) is 4.31. The van der Waals surface area contributed by atoms with Gasteiger partial charge in [-0.1, -0.05) is 18.4 Å². The zero-order valence-corrected chi connectivity index (χ0v) is 18.7. The van der Waals surface area contributed by atoms with Crippen molar-refractivity contribution in [1.82, 2.24) is 15.2 Å². The number of hydrogen-bond acceptors (Lipinski definition) is 6. The van der Waals surface area contributed by atoms with Crippen LogP contribution in [-0.2, 0) is 12.6 Å². The van der Waals surface area contributed by atoms with Gasteiger partial charge in [-0.3, -0.25) is 0 Å². The summed E-state index contributed by atoms with van der Waals surface area (Å²) in [5.41, 5.74) is 1.07. The molecule has 6 nitrogen and oxygen atoms in total. The third kappa shape index (κ3) is 4.45. The summed E-state index contributed by atoms with van der Waals surface area (Å²) in [4.78, 5) is 8.48. The summed E-state index contributed by atoms with van der Waals surface area (Å²) in [6, 6.07) is 5.15. The highest BCUT2D eigenvalue weighted by Gasteiger charge is 2.41. The Hall–Kier alpha value is -2.97.